The molecule has 0 aliphatic rings. The highest BCUT2D eigenvalue weighted by Crippen LogP contribution is 2.29. The van der Waals surface area contributed by atoms with Crippen molar-refractivity contribution in [3.05, 3.63) is 101 Å². The molecule has 0 saturated carbocycles. The molecule has 1 unspecified atom stereocenters. The largest absolute Gasteiger partial charge is 0.433 e. The third-order valence-corrected chi connectivity index (χ3v) is 5.87. The summed E-state index contributed by atoms with van der Waals surface area (Å²) in [5.74, 6) is -0.248. The Balaban J connectivity index is 1.88. The first kappa shape index (κ1) is 27.3. The number of aromatic nitrogens is 1. The van der Waals surface area contributed by atoms with Crippen molar-refractivity contribution in [2.45, 2.75) is 51.9 Å². The van der Waals surface area contributed by atoms with E-state index in [-0.39, 0.29) is 23.7 Å². The predicted octanol–water partition coefficient (Wildman–Crippen LogP) is 6.32. The number of alkyl halides is 3. The molecule has 1 heterocycles. The minimum Gasteiger partial charge on any atom is -0.354 e. The molecule has 2 atom stereocenters. The van der Waals surface area contributed by atoms with E-state index < -0.39 is 17.9 Å². The number of rotatable bonds is 10. The zero-order chi connectivity index (χ0) is 26.3. The second-order valence-corrected chi connectivity index (χ2v) is 9.30. The zero-order valence-electron chi connectivity index (χ0n) is 20.6. The summed E-state index contributed by atoms with van der Waals surface area (Å²) in [7, 11) is 0. The standard InChI is InChI=1S/C28H31F4N3O/c1-18(2)16-34-27(36)26(21-7-5-4-6-8-21)35-24(22-11-12-23(29)19(3)15-22)13-9-20-10-14-25(33-17-20)28(30,31)32/h4-8,10-12,14-15,17-18,24,26,35H,9,13,16H2,1-3H3,(H,34,36)/t24-,26?/m1/s1. The summed E-state index contributed by atoms with van der Waals surface area (Å²) in [6.07, 6.45) is -2.41. The fourth-order valence-electron chi connectivity index (χ4n) is 3.86. The average Bonchev–Trinajstić information content (AvgIpc) is 2.84. The van der Waals surface area contributed by atoms with Gasteiger partial charge in [0.15, 0.2) is 0 Å². The summed E-state index contributed by atoms with van der Waals surface area (Å²) in [4.78, 5) is 16.7. The number of halogens is 4. The number of nitrogens with zero attached hydrogens (tertiary/aromatic N) is 1. The van der Waals surface area contributed by atoms with Crippen molar-refractivity contribution in [2.75, 3.05) is 6.54 Å². The Kier molecular flexibility index (Phi) is 9.20. The third-order valence-electron chi connectivity index (χ3n) is 5.87. The maximum atomic E-state index is 14.0. The third kappa shape index (κ3) is 7.62. The van der Waals surface area contributed by atoms with Crippen LogP contribution in [0.4, 0.5) is 17.6 Å². The maximum absolute atomic E-state index is 14.0. The Morgan fingerprint density at radius 1 is 1.00 bits per heavy atom. The average molecular weight is 502 g/mol. The van der Waals surface area contributed by atoms with Crippen molar-refractivity contribution in [3.63, 3.8) is 0 Å². The van der Waals surface area contributed by atoms with Gasteiger partial charge in [0, 0.05) is 18.8 Å². The summed E-state index contributed by atoms with van der Waals surface area (Å²) in [6.45, 7) is 6.20. The molecule has 36 heavy (non-hydrogen) atoms. The highest BCUT2D eigenvalue weighted by molar-refractivity contribution is 5.83. The van der Waals surface area contributed by atoms with E-state index in [9.17, 15) is 22.4 Å². The van der Waals surface area contributed by atoms with Crippen molar-refractivity contribution < 1.29 is 22.4 Å². The normalized spacial score (nSPS) is 13.4. The Morgan fingerprint density at radius 3 is 2.31 bits per heavy atom. The van der Waals surface area contributed by atoms with Gasteiger partial charge in [-0.25, -0.2) is 4.39 Å². The highest BCUT2D eigenvalue weighted by atomic mass is 19.4. The molecule has 2 aromatic carbocycles. The zero-order valence-corrected chi connectivity index (χ0v) is 20.6. The molecule has 1 amide bonds. The van der Waals surface area contributed by atoms with Crippen molar-refractivity contribution >= 4 is 5.91 Å². The van der Waals surface area contributed by atoms with E-state index in [2.05, 4.69) is 15.6 Å². The Bertz CT molecular complexity index is 1130. The lowest BCUT2D eigenvalue weighted by molar-refractivity contribution is -0.141. The second-order valence-electron chi connectivity index (χ2n) is 9.30. The topological polar surface area (TPSA) is 54.0 Å². The van der Waals surface area contributed by atoms with Crippen LogP contribution in [0, 0.1) is 18.7 Å². The van der Waals surface area contributed by atoms with E-state index in [1.807, 2.05) is 44.2 Å². The first-order chi connectivity index (χ1) is 17.0. The van der Waals surface area contributed by atoms with Gasteiger partial charge in [-0.2, -0.15) is 13.2 Å². The van der Waals surface area contributed by atoms with Gasteiger partial charge < -0.3 is 5.32 Å². The Hall–Kier alpha value is -3.26. The van der Waals surface area contributed by atoms with E-state index in [0.29, 0.717) is 30.5 Å². The molecule has 0 saturated heterocycles. The number of pyridine rings is 1. The minimum atomic E-state index is -4.50. The van der Waals surface area contributed by atoms with Crippen LogP contribution in [0.25, 0.3) is 0 Å². The molecule has 3 aromatic rings. The van der Waals surface area contributed by atoms with E-state index in [0.717, 1.165) is 17.2 Å². The van der Waals surface area contributed by atoms with Crippen LogP contribution in [0.1, 0.15) is 60.3 Å². The molecule has 0 spiro atoms. The van der Waals surface area contributed by atoms with Crippen LogP contribution in [0.5, 0.6) is 0 Å². The van der Waals surface area contributed by atoms with Crippen LogP contribution in [0.15, 0.2) is 66.9 Å². The SMILES string of the molecule is Cc1cc([C@@H](CCc2ccc(C(F)(F)F)nc2)NC(C(=O)NCC(C)C)c2ccccc2)ccc1F. The molecule has 8 heteroatoms. The fraction of sp³-hybridized carbons (Fsp3) is 0.357. The molecule has 0 aliphatic heterocycles. The first-order valence-corrected chi connectivity index (χ1v) is 11.9. The molecule has 0 aliphatic carbocycles. The predicted molar refractivity (Wildman–Crippen MR) is 132 cm³/mol. The van der Waals surface area contributed by atoms with Gasteiger partial charge in [0.05, 0.1) is 0 Å². The van der Waals surface area contributed by atoms with Crippen LogP contribution in [-0.2, 0) is 17.4 Å². The summed E-state index contributed by atoms with van der Waals surface area (Å²) in [5, 5.41) is 6.40. The summed E-state index contributed by atoms with van der Waals surface area (Å²) < 4.78 is 52.6. The van der Waals surface area contributed by atoms with Gasteiger partial charge in [-0.1, -0.05) is 62.4 Å². The lowest BCUT2D eigenvalue weighted by Gasteiger charge is -2.27. The number of hydrogen-bond acceptors (Lipinski definition) is 3. The van der Waals surface area contributed by atoms with Gasteiger partial charge in [-0.15, -0.1) is 0 Å². The quantitative estimate of drug-likeness (QED) is 0.320. The van der Waals surface area contributed by atoms with Crippen LogP contribution >= 0.6 is 0 Å². The second kappa shape index (κ2) is 12.1. The van der Waals surface area contributed by atoms with Gasteiger partial charge in [0.1, 0.15) is 17.6 Å². The number of carbonyl (C=O) groups excluding carboxylic acids is 1. The number of amides is 1. The fourth-order valence-corrected chi connectivity index (χ4v) is 3.86. The molecule has 1 aromatic heterocycles. The molecular weight excluding hydrogens is 470 g/mol. The number of aryl methyl sites for hydroxylation is 2. The lowest BCUT2D eigenvalue weighted by atomic mass is 9.95. The number of hydrogen-bond donors (Lipinski definition) is 2. The van der Waals surface area contributed by atoms with Crippen LogP contribution in [-0.4, -0.2) is 17.4 Å². The number of benzene rings is 2. The van der Waals surface area contributed by atoms with Gasteiger partial charge >= 0.3 is 6.18 Å². The molecule has 3 rings (SSSR count). The van der Waals surface area contributed by atoms with Crippen molar-refractivity contribution in [3.8, 4) is 0 Å². The minimum absolute atomic E-state index is 0.185. The van der Waals surface area contributed by atoms with Gasteiger partial charge in [-0.05, 0) is 60.1 Å². The number of nitrogens with one attached hydrogen (secondary N) is 2. The molecule has 0 radical (unpaired) electrons. The van der Waals surface area contributed by atoms with E-state index in [1.165, 1.54) is 18.3 Å². The molecule has 192 valence electrons. The van der Waals surface area contributed by atoms with Crippen LogP contribution in [0.2, 0.25) is 0 Å². The lowest BCUT2D eigenvalue weighted by Crippen LogP contribution is -2.40. The summed E-state index contributed by atoms with van der Waals surface area (Å²) >= 11 is 0. The Morgan fingerprint density at radius 2 is 1.72 bits per heavy atom. The van der Waals surface area contributed by atoms with E-state index in [1.54, 1.807) is 19.1 Å². The molecule has 0 fully saturated rings. The maximum Gasteiger partial charge on any atom is 0.433 e. The smallest absolute Gasteiger partial charge is 0.354 e. The molecule has 2 N–H and O–H groups in total. The molecule has 4 nitrogen and oxygen atoms in total. The highest BCUT2D eigenvalue weighted by Gasteiger charge is 2.32. The summed E-state index contributed by atoms with van der Waals surface area (Å²) in [5.41, 5.74) is 1.72. The van der Waals surface area contributed by atoms with Gasteiger partial charge in [-0.3, -0.25) is 15.1 Å². The van der Waals surface area contributed by atoms with Crippen LogP contribution < -0.4 is 10.6 Å². The summed E-state index contributed by atoms with van der Waals surface area (Å²) in [6, 6.07) is 15.4. The first-order valence-electron chi connectivity index (χ1n) is 11.9. The van der Waals surface area contributed by atoms with E-state index in [4.69, 9.17) is 0 Å². The van der Waals surface area contributed by atoms with Gasteiger partial charge in [0.25, 0.3) is 0 Å². The van der Waals surface area contributed by atoms with Crippen molar-refractivity contribution in [1.82, 2.24) is 15.6 Å². The van der Waals surface area contributed by atoms with E-state index >= 15 is 0 Å². The van der Waals surface area contributed by atoms with Gasteiger partial charge in [0.2, 0.25) is 5.91 Å². The number of carbonyl (C=O) groups is 1. The molecular formula is C28H31F4N3O. The Labute approximate surface area is 209 Å². The molecule has 0 bridgehead atoms. The monoisotopic (exact) mass is 501 g/mol. The van der Waals surface area contributed by atoms with Crippen LogP contribution in [0.3, 0.4) is 0 Å². The van der Waals surface area contributed by atoms with Crippen molar-refractivity contribution in [1.29, 1.82) is 0 Å². The van der Waals surface area contributed by atoms with Crippen molar-refractivity contribution in [2.24, 2.45) is 5.92 Å².